The average Bonchev–Trinajstić information content (AvgIpc) is 2.75. The number of nitrogens with two attached hydrogens (primary N) is 1. The number of carbonyl (C=O) groups excluding carboxylic acids is 1. The number of carbonyl (C=O) groups is 1. The molecule has 0 unspecified atom stereocenters. The molecule has 6 nitrogen and oxygen atoms in total. The summed E-state index contributed by atoms with van der Waals surface area (Å²) >= 11 is 0. The number of aryl methyl sites for hydroxylation is 2. The summed E-state index contributed by atoms with van der Waals surface area (Å²) in [5.74, 6) is -0.540. The SMILES string of the molecule is CC[C@H](C(N)=O)n1c(=O)ncn1-c1cc(C)ccc1C. The molecule has 0 aliphatic carbocycles. The van der Waals surface area contributed by atoms with Crippen LogP contribution in [0.5, 0.6) is 0 Å². The van der Waals surface area contributed by atoms with Crippen LogP contribution in [0.1, 0.15) is 30.5 Å². The minimum absolute atomic E-state index is 0.436. The van der Waals surface area contributed by atoms with Crippen LogP contribution in [0, 0.1) is 13.8 Å². The molecule has 1 aromatic heterocycles. The van der Waals surface area contributed by atoms with Crippen LogP contribution in [0.3, 0.4) is 0 Å². The van der Waals surface area contributed by atoms with Gasteiger partial charge in [-0.2, -0.15) is 4.98 Å². The number of amides is 1. The third-order valence-corrected chi connectivity index (χ3v) is 3.33. The smallest absolute Gasteiger partial charge is 0.364 e. The monoisotopic (exact) mass is 274 g/mol. The molecule has 0 saturated carbocycles. The van der Waals surface area contributed by atoms with Crippen molar-refractivity contribution >= 4 is 5.91 Å². The van der Waals surface area contributed by atoms with Crippen molar-refractivity contribution in [3.05, 3.63) is 46.1 Å². The maximum Gasteiger partial charge on any atom is 0.364 e. The van der Waals surface area contributed by atoms with E-state index in [0.29, 0.717) is 6.42 Å². The second kappa shape index (κ2) is 5.32. The molecule has 1 aromatic carbocycles. The standard InChI is InChI=1S/C14H18N4O2/c1-4-11(13(15)19)18-14(20)16-8-17(18)12-7-9(2)5-6-10(12)3/h5-8,11H,4H2,1-3H3,(H2,15,19)/t11-/m1/s1. The Morgan fingerprint density at radius 1 is 1.40 bits per heavy atom. The lowest BCUT2D eigenvalue weighted by molar-refractivity contribution is -0.121. The quantitative estimate of drug-likeness (QED) is 0.905. The minimum Gasteiger partial charge on any atom is -0.368 e. The molecule has 0 fully saturated rings. The Morgan fingerprint density at radius 3 is 2.70 bits per heavy atom. The molecule has 2 N–H and O–H groups in total. The van der Waals surface area contributed by atoms with E-state index in [1.807, 2.05) is 39.0 Å². The van der Waals surface area contributed by atoms with Crippen LogP contribution in [-0.2, 0) is 4.79 Å². The Morgan fingerprint density at radius 2 is 2.10 bits per heavy atom. The van der Waals surface area contributed by atoms with Gasteiger partial charge in [0, 0.05) is 0 Å². The summed E-state index contributed by atoms with van der Waals surface area (Å²) in [6.07, 6.45) is 1.86. The molecule has 0 saturated heterocycles. The molecule has 0 aliphatic heterocycles. The fraction of sp³-hybridized carbons (Fsp3) is 0.357. The van der Waals surface area contributed by atoms with Gasteiger partial charge in [-0.15, -0.1) is 0 Å². The maximum atomic E-state index is 11.9. The second-order valence-corrected chi connectivity index (χ2v) is 4.83. The van der Waals surface area contributed by atoms with E-state index < -0.39 is 17.6 Å². The first-order valence-electron chi connectivity index (χ1n) is 6.48. The number of aromatic nitrogens is 3. The summed E-state index contributed by atoms with van der Waals surface area (Å²) in [7, 11) is 0. The number of primary amides is 1. The van der Waals surface area contributed by atoms with Gasteiger partial charge in [-0.05, 0) is 37.5 Å². The van der Waals surface area contributed by atoms with Gasteiger partial charge in [0.05, 0.1) is 5.69 Å². The molecular formula is C14H18N4O2. The molecule has 1 heterocycles. The lowest BCUT2D eigenvalue weighted by atomic mass is 10.1. The molecule has 0 radical (unpaired) electrons. The van der Waals surface area contributed by atoms with E-state index in [4.69, 9.17) is 5.73 Å². The van der Waals surface area contributed by atoms with E-state index in [9.17, 15) is 9.59 Å². The first-order valence-corrected chi connectivity index (χ1v) is 6.48. The Labute approximate surface area is 116 Å². The van der Waals surface area contributed by atoms with Crippen molar-refractivity contribution in [3.8, 4) is 5.69 Å². The Bertz CT molecular complexity index is 699. The van der Waals surface area contributed by atoms with Crippen LogP contribution < -0.4 is 11.4 Å². The van der Waals surface area contributed by atoms with Gasteiger partial charge in [-0.25, -0.2) is 14.2 Å². The van der Waals surface area contributed by atoms with Crippen molar-refractivity contribution in [1.82, 2.24) is 14.3 Å². The van der Waals surface area contributed by atoms with Gasteiger partial charge >= 0.3 is 5.69 Å². The molecule has 20 heavy (non-hydrogen) atoms. The zero-order valence-corrected chi connectivity index (χ0v) is 11.8. The summed E-state index contributed by atoms with van der Waals surface area (Å²) in [6, 6.07) is 5.19. The highest BCUT2D eigenvalue weighted by Crippen LogP contribution is 2.17. The van der Waals surface area contributed by atoms with E-state index in [1.165, 1.54) is 11.0 Å². The van der Waals surface area contributed by atoms with Gasteiger partial charge in [0.1, 0.15) is 12.4 Å². The molecule has 2 aromatic rings. The van der Waals surface area contributed by atoms with Crippen molar-refractivity contribution in [2.24, 2.45) is 5.73 Å². The van der Waals surface area contributed by atoms with Crippen molar-refractivity contribution < 1.29 is 4.79 Å². The van der Waals surface area contributed by atoms with Gasteiger partial charge in [-0.1, -0.05) is 19.1 Å². The van der Waals surface area contributed by atoms with Crippen LogP contribution >= 0.6 is 0 Å². The van der Waals surface area contributed by atoms with Crippen LogP contribution in [0.2, 0.25) is 0 Å². The number of hydrogen-bond donors (Lipinski definition) is 1. The highest BCUT2D eigenvalue weighted by molar-refractivity contribution is 5.78. The maximum absolute atomic E-state index is 11.9. The third kappa shape index (κ3) is 2.36. The lowest BCUT2D eigenvalue weighted by Crippen LogP contribution is -2.36. The normalized spacial score (nSPS) is 12.3. The lowest BCUT2D eigenvalue weighted by Gasteiger charge is -2.18. The molecule has 0 spiro atoms. The Hall–Kier alpha value is -2.37. The van der Waals surface area contributed by atoms with Crippen molar-refractivity contribution in [1.29, 1.82) is 0 Å². The van der Waals surface area contributed by atoms with Crippen molar-refractivity contribution in [2.45, 2.75) is 33.2 Å². The zero-order chi connectivity index (χ0) is 14.9. The summed E-state index contributed by atoms with van der Waals surface area (Å²) in [4.78, 5) is 27.3. The van der Waals surface area contributed by atoms with E-state index >= 15 is 0 Å². The van der Waals surface area contributed by atoms with Gasteiger partial charge < -0.3 is 5.73 Å². The van der Waals surface area contributed by atoms with Gasteiger partial charge in [-0.3, -0.25) is 4.79 Å². The fourth-order valence-corrected chi connectivity index (χ4v) is 2.23. The van der Waals surface area contributed by atoms with Crippen molar-refractivity contribution in [2.75, 3.05) is 0 Å². The Balaban J connectivity index is 2.68. The first-order chi connectivity index (χ1) is 9.45. The van der Waals surface area contributed by atoms with Crippen LogP contribution in [0.25, 0.3) is 5.69 Å². The summed E-state index contributed by atoms with van der Waals surface area (Å²) in [6.45, 7) is 5.71. The fourth-order valence-electron chi connectivity index (χ4n) is 2.23. The van der Waals surface area contributed by atoms with E-state index in [1.54, 1.807) is 4.68 Å². The zero-order valence-electron chi connectivity index (χ0n) is 11.8. The predicted molar refractivity (Wildman–Crippen MR) is 75.8 cm³/mol. The molecule has 1 amide bonds. The number of rotatable bonds is 4. The van der Waals surface area contributed by atoms with E-state index in [-0.39, 0.29) is 0 Å². The topological polar surface area (TPSA) is 82.9 Å². The molecule has 1 atom stereocenters. The highest BCUT2D eigenvalue weighted by atomic mass is 16.2. The molecule has 106 valence electrons. The van der Waals surface area contributed by atoms with Crippen LogP contribution in [0.15, 0.2) is 29.3 Å². The number of nitrogens with zero attached hydrogens (tertiary/aromatic N) is 3. The highest BCUT2D eigenvalue weighted by Gasteiger charge is 2.21. The van der Waals surface area contributed by atoms with E-state index in [2.05, 4.69) is 4.98 Å². The molecule has 0 bridgehead atoms. The largest absolute Gasteiger partial charge is 0.368 e. The summed E-state index contributed by atoms with van der Waals surface area (Å²) < 4.78 is 2.91. The average molecular weight is 274 g/mol. The number of hydrogen-bond acceptors (Lipinski definition) is 3. The van der Waals surface area contributed by atoms with Crippen LogP contribution in [-0.4, -0.2) is 20.3 Å². The van der Waals surface area contributed by atoms with Gasteiger partial charge in [0.2, 0.25) is 5.91 Å². The summed E-state index contributed by atoms with van der Waals surface area (Å²) in [5.41, 5.74) is 7.77. The van der Waals surface area contributed by atoms with Gasteiger partial charge in [0.15, 0.2) is 0 Å². The summed E-state index contributed by atoms with van der Waals surface area (Å²) in [5, 5.41) is 0. The molecular weight excluding hydrogens is 256 g/mol. The molecule has 6 heteroatoms. The predicted octanol–water partition coefficient (Wildman–Crippen LogP) is 1.09. The van der Waals surface area contributed by atoms with Gasteiger partial charge in [0.25, 0.3) is 0 Å². The second-order valence-electron chi connectivity index (χ2n) is 4.83. The molecule has 2 rings (SSSR count). The van der Waals surface area contributed by atoms with Crippen LogP contribution in [0.4, 0.5) is 0 Å². The number of benzene rings is 1. The molecule has 0 aliphatic rings. The third-order valence-electron chi connectivity index (χ3n) is 3.33. The van der Waals surface area contributed by atoms with E-state index in [0.717, 1.165) is 16.8 Å². The Kier molecular flexibility index (Phi) is 3.74. The minimum atomic E-state index is -0.704. The first kappa shape index (κ1) is 14.0. The van der Waals surface area contributed by atoms with Crippen molar-refractivity contribution in [3.63, 3.8) is 0 Å².